The number of rotatable bonds is 3. The van der Waals surface area contributed by atoms with Gasteiger partial charge in [-0.2, -0.15) is 5.10 Å². The Labute approximate surface area is 165 Å². The Bertz CT molecular complexity index is 1180. The number of fused-ring (bicyclic) bond motifs is 3. The molecule has 0 amide bonds. The normalized spacial score (nSPS) is 11.8. The molecule has 28 heavy (non-hydrogen) atoms. The fourth-order valence-electron chi connectivity index (χ4n) is 3.36. The van der Waals surface area contributed by atoms with Gasteiger partial charge in [-0.25, -0.2) is 4.98 Å². The molecule has 0 radical (unpaired) electrons. The lowest BCUT2D eigenvalue weighted by Gasteiger charge is -2.02. The lowest BCUT2D eigenvalue weighted by Crippen LogP contribution is -2.02. The van der Waals surface area contributed by atoms with Crippen molar-refractivity contribution in [2.75, 3.05) is 5.43 Å². The predicted octanol–water partition coefficient (Wildman–Crippen LogP) is 5.07. The lowest BCUT2D eigenvalue weighted by molar-refractivity contribution is 0.404. The molecule has 3 N–H and O–H groups in total. The van der Waals surface area contributed by atoms with Crippen molar-refractivity contribution >= 4 is 22.2 Å². The van der Waals surface area contributed by atoms with Gasteiger partial charge < -0.3 is 10.2 Å². The van der Waals surface area contributed by atoms with Crippen LogP contribution >= 0.6 is 11.3 Å². The van der Waals surface area contributed by atoms with Gasteiger partial charge in [-0.15, -0.1) is 11.3 Å². The van der Waals surface area contributed by atoms with Crippen molar-refractivity contribution in [2.45, 2.75) is 0 Å². The number of benzene rings is 3. The van der Waals surface area contributed by atoms with E-state index in [1.807, 2.05) is 29.6 Å². The van der Waals surface area contributed by atoms with Gasteiger partial charge in [-0.3, -0.25) is 5.43 Å². The van der Waals surface area contributed by atoms with Crippen LogP contribution in [0.5, 0.6) is 11.5 Å². The fraction of sp³-hybridized carbons (Fsp3) is 0. The van der Waals surface area contributed by atoms with Crippen LogP contribution in [0.1, 0.15) is 11.1 Å². The molecule has 4 aromatic rings. The molecule has 0 unspecified atom stereocenters. The SMILES string of the molecule is Oc1ccc(-c2csc(NN=C3c4ccccc4-c4ccccc43)n2)cc1O. The standard InChI is InChI=1S/C22H15N3O2S/c26-19-10-9-13(11-20(19)27)18-12-28-22(23-18)25-24-21-16-7-3-1-5-14(16)15-6-2-4-8-17(15)21/h1-12,26-27H,(H,23,25). The third-order valence-corrected chi connectivity index (χ3v) is 5.44. The second-order valence-corrected chi connectivity index (χ2v) is 7.26. The highest BCUT2D eigenvalue weighted by Crippen LogP contribution is 2.37. The molecule has 1 aliphatic carbocycles. The monoisotopic (exact) mass is 385 g/mol. The van der Waals surface area contributed by atoms with Gasteiger partial charge in [-0.05, 0) is 29.3 Å². The molecule has 1 aromatic heterocycles. The molecule has 0 saturated heterocycles. The number of aromatic hydroxyl groups is 2. The van der Waals surface area contributed by atoms with Gasteiger partial charge in [0.15, 0.2) is 11.5 Å². The Morgan fingerprint density at radius 3 is 2.07 bits per heavy atom. The Morgan fingerprint density at radius 1 is 0.786 bits per heavy atom. The molecule has 0 bridgehead atoms. The summed E-state index contributed by atoms with van der Waals surface area (Å²) in [7, 11) is 0. The molecule has 1 aliphatic rings. The van der Waals surface area contributed by atoms with Crippen molar-refractivity contribution in [3.05, 3.63) is 83.2 Å². The summed E-state index contributed by atoms with van der Waals surface area (Å²) in [6.07, 6.45) is 0. The molecule has 0 aliphatic heterocycles. The largest absolute Gasteiger partial charge is 0.504 e. The second-order valence-electron chi connectivity index (χ2n) is 6.40. The van der Waals surface area contributed by atoms with Gasteiger partial charge in [0.25, 0.3) is 0 Å². The van der Waals surface area contributed by atoms with Crippen LogP contribution in [0.25, 0.3) is 22.4 Å². The van der Waals surface area contributed by atoms with E-state index in [4.69, 9.17) is 0 Å². The third-order valence-electron chi connectivity index (χ3n) is 4.69. The van der Waals surface area contributed by atoms with E-state index in [1.165, 1.54) is 34.6 Å². The first kappa shape index (κ1) is 16.5. The number of aromatic nitrogens is 1. The van der Waals surface area contributed by atoms with Gasteiger partial charge >= 0.3 is 0 Å². The number of hydrazone groups is 1. The predicted molar refractivity (Wildman–Crippen MR) is 112 cm³/mol. The van der Waals surface area contributed by atoms with E-state index in [0.29, 0.717) is 10.8 Å². The maximum atomic E-state index is 9.69. The van der Waals surface area contributed by atoms with Crippen LogP contribution in [0, 0.1) is 0 Å². The summed E-state index contributed by atoms with van der Waals surface area (Å²) in [4.78, 5) is 4.53. The average molecular weight is 385 g/mol. The quantitative estimate of drug-likeness (QED) is 0.299. The van der Waals surface area contributed by atoms with Crippen molar-refractivity contribution in [3.63, 3.8) is 0 Å². The van der Waals surface area contributed by atoms with Gasteiger partial charge in [0.1, 0.15) is 0 Å². The van der Waals surface area contributed by atoms with E-state index >= 15 is 0 Å². The topological polar surface area (TPSA) is 77.7 Å². The molecule has 0 fully saturated rings. The summed E-state index contributed by atoms with van der Waals surface area (Å²) in [5.41, 5.74) is 9.94. The van der Waals surface area contributed by atoms with Gasteiger partial charge in [0.2, 0.25) is 5.13 Å². The molecular formula is C22H15N3O2S. The summed E-state index contributed by atoms with van der Waals surface area (Å²) >= 11 is 1.43. The van der Waals surface area contributed by atoms with Gasteiger partial charge in [0, 0.05) is 22.1 Å². The number of hydrogen-bond donors (Lipinski definition) is 3. The summed E-state index contributed by atoms with van der Waals surface area (Å²) in [6, 6.07) is 21.1. The Morgan fingerprint density at radius 2 is 1.43 bits per heavy atom. The number of phenolic OH excluding ortho intramolecular Hbond substituents is 2. The molecule has 136 valence electrons. The number of phenols is 2. The third kappa shape index (κ3) is 2.71. The Balaban J connectivity index is 1.47. The second kappa shape index (κ2) is 6.51. The molecule has 0 atom stereocenters. The van der Waals surface area contributed by atoms with Crippen molar-refractivity contribution in [1.82, 2.24) is 4.98 Å². The number of hydrogen-bond acceptors (Lipinski definition) is 6. The van der Waals surface area contributed by atoms with Crippen LogP contribution in [0.15, 0.2) is 77.2 Å². The molecule has 1 heterocycles. The van der Waals surface area contributed by atoms with Crippen molar-refractivity contribution < 1.29 is 10.2 Å². The molecule has 0 saturated carbocycles. The lowest BCUT2D eigenvalue weighted by atomic mass is 10.1. The van der Waals surface area contributed by atoms with E-state index in [2.05, 4.69) is 39.8 Å². The maximum absolute atomic E-state index is 9.69. The van der Waals surface area contributed by atoms with E-state index in [-0.39, 0.29) is 11.5 Å². The first-order chi connectivity index (χ1) is 13.7. The minimum absolute atomic E-state index is 0.151. The highest BCUT2D eigenvalue weighted by atomic mass is 32.1. The van der Waals surface area contributed by atoms with Crippen LogP contribution in [0.2, 0.25) is 0 Å². The summed E-state index contributed by atoms with van der Waals surface area (Å²) in [6.45, 7) is 0. The van der Waals surface area contributed by atoms with Gasteiger partial charge in [0.05, 0.1) is 11.4 Å². The molecular weight excluding hydrogens is 370 g/mol. The van der Waals surface area contributed by atoms with Crippen molar-refractivity contribution in [1.29, 1.82) is 0 Å². The van der Waals surface area contributed by atoms with Crippen LogP contribution in [-0.2, 0) is 0 Å². The minimum Gasteiger partial charge on any atom is -0.504 e. The zero-order valence-electron chi connectivity index (χ0n) is 14.6. The molecule has 5 rings (SSSR count). The number of nitrogens with zero attached hydrogens (tertiary/aromatic N) is 2. The van der Waals surface area contributed by atoms with Crippen LogP contribution < -0.4 is 5.43 Å². The average Bonchev–Trinajstić information content (AvgIpc) is 3.31. The first-order valence-corrected chi connectivity index (χ1v) is 9.59. The Hall–Kier alpha value is -3.64. The maximum Gasteiger partial charge on any atom is 0.203 e. The Kier molecular flexibility index (Phi) is 3.84. The summed E-state index contributed by atoms with van der Waals surface area (Å²) in [5, 5.41) is 26.3. The van der Waals surface area contributed by atoms with Gasteiger partial charge in [-0.1, -0.05) is 48.5 Å². The summed E-state index contributed by atoms with van der Waals surface area (Å²) < 4.78 is 0. The number of nitrogens with one attached hydrogen (secondary N) is 1. The molecule has 3 aromatic carbocycles. The van der Waals surface area contributed by atoms with E-state index in [9.17, 15) is 10.2 Å². The van der Waals surface area contributed by atoms with Crippen LogP contribution in [-0.4, -0.2) is 20.9 Å². The van der Waals surface area contributed by atoms with E-state index in [0.717, 1.165) is 22.4 Å². The van der Waals surface area contributed by atoms with Crippen LogP contribution in [0.4, 0.5) is 5.13 Å². The zero-order chi connectivity index (χ0) is 19.1. The number of anilines is 1. The zero-order valence-corrected chi connectivity index (χ0v) is 15.4. The van der Waals surface area contributed by atoms with Crippen LogP contribution in [0.3, 0.4) is 0 Å². The number of thiazole rings is 1. The highest BCUT2D eigenvalue weighted by Gasteiger charge is 2.24. The molecule has 6 heteroatoms. The van der Waals surface area contributed by atoms with E-state index in [1.54, 1.807) is 6.07 Å². The first-order valence-electron chi connectivity index (χ1n) is 8.71. The minimum atomic E-state index is -0.167. The smallest absolute Gasteiger partial charge is 0.203 e. The fourth-order valence-corrected chi connectivity index (χ4v) is 4.02. The molecule has 5 nitrogen and oxygen atoms in total. The van der Waals surface area contributed by atoms with E-state index < -0.39 is 0 Å². The van der Waals surface area contributed by atoms with Crippen molar-refractivity contribution in [2.24, 2.45) is 5.10 Å². The molecule has 0 spiro atoms. The highest BCUT2D eigenvalue weighted by molar-refractivity contribution is 7.14. The van der Waals surface area contributed by atoms with Crippen molar-refractivity contribution in [3.8, 4) is 33.9 Å². The summed E-state index contributed by atoms with van der Waals surface area (Å²) in [5.74, 6) is -0.318.